The lowest BCUT2D eigenvalue weighted by Crippen LogP contribution is -2.00. The van der Waals surface area contributed by atoms with Crippen molar-refractivity contribution in [3.8, 4) is 62.1 Å². The van der Waals surface area contributed by atoms with Gasteiger partial charge in [-0.15, -0.1) is 0 Å². The van der Waals surface area contributed by atoms with Crippen molar-refractivity contribution in [1.82, 2.24) is 19.5 Å². The molecule has 0 amide bonds. The third-order valence-electron chi connectivity index (χ3n) is 11.6. The minimum absolute atomic E-state index is 0.639. The van der Waals surface area contributed by atoms with Crippen LogP contribution in [-0.2, 0) is 6.42 Å². The lowest BCUT2D eigenvalue weighted by molar-refractivity contribution is 0.667. The van der Waals surface area contributed by atoms with Crippen LogP contribution in [0.5, 0.6) is 0 Å². The zero-order valence-corrected chi connectivity index (χ0v) is 33.2. The molecule has 0 atom stereocenters. The molecule has 0 fully saturated rings. The number of rotatable bonds is 9. The van der Waals surface area contributed by atoms with Gasteiger partial charge >= 0.3 is 0 Å². The van der Waals surface area contributed by atoms with Gasteiger partial charge in [0, 0.05) is 43.9 Å². The van der Waals surface area contributed by atoms with Gasteiger partial charge < -0.3 is 8.98 Å². The van der Waals surface area contributed by atoms with E-state index in [9.17, 15) is 0 Å². The van der Waals surface area contributed by atoms with Crippen molar-refractivity contribution in [3.63, 3.8) is 0 Å². The minimum Gasteiger partial charge on any atom is -0.456 e. The molecule has 0 aliphatic rings. The van der Waals surface area contributed by atoms with Gasteiger partial charge in [-0.05, 0) is 95.3 Å². The molecule has 11 rings (SSSR count). The van der Waals surface area contributed by atoms with E-state index < -0.39 is 0 Å². The largest absolute Gasteiger partial charge is 0.456 e. The second kappa shape index (κ2) is 14.9. The molecule has 60 heavy (non-hydrogen) atoms. The highest BCUT2D eigenvalue weighted by molar-refractivity contribution is 6.11. The van der Waals surface area contributed by atoms with E-state index in [-0.39, 0.29) is 0 Å². The summed E-state index contributed by atoms with van der Waals surface area (Å²) in [5, 5.41) is 4.77. The van der Waals surface area contributed by atoms with Gasteiger partial charge in [0.1, 0.15) is 11.2 Å². The molecule has 0 aliphatic carbocycles. The SMILES string of the molecule is CCCCc1ccc2c(c1)oc1ccc(-c3ccc4c(c3)c3ccccc3n4-c3ccc(-c4cccc(-c5nc(-c6ccccc6)nc(-c6ccccc6)n5)c4)cc3)cc12. The standard InChI is InChI=1S/C55H40N4O/c1-2-3-13-36-22-29-46-48-35-42(26-31-51(48)60-52(46)32-36)41-25-30-50-47(34-41)45-20-10-11-21-49(45)59(50)44-27-23-37(24-28-44)40-18-12-19-43(33-40)55-57-53(38-14-6-4-7-15-38)56-54(58-55)39-16-8-5-9-17-39/h4-12,14-35H,2-3,13H2,1H3. The summed E-state index contributed by atoms with van der Waals surface area (Å²) in [6.45, 7) is 2.23. The molecule has 0 radical (unpaired) electrons. The van der Waals surface area contributed by atoms with E-state index in [0.717, 1.165) is 56.5 Å². The lowest BCUT2D eigenvalue weighted by Gasteiger charge is -2.11. The van der Waals surface area contributed by atoms with Crippen molar-refractivity contribution < 1.29 is 4.42 Å². The van der Waals surface area contributed by atoms with Gasteiger partial charge in [-0.2, -0.15) is 0 Å². The molecule has 0 saturated heterocycles. The molecule has 5 heteroatoms. The molecule has 11 aromatic rings. The first kappa shape index (κ1) is 35.5. The Morgan fingerprint density at radius 2 is 0.983 bits per heavy atom. The minimum atomic E-state index is 0.639. The third kappa shape index (κ3) is 6.41. The number of hydrogen-bond donors (Lipinski definition) is 0. The van der Waals surface area contributed by atoms with Crippen LogP contribution >= 0.6 is 0 Å². The van der Waals surface area contributed by atoms with E-state index in [4.69, 9.17) is 19.4 Å². The first-order valence-electron chi connectivity index (χ1n) is 20.7. The zero-order valence-electron chi connectivity index (χ0n) is 33.2. The maximum atomic E-state index is 6.33. The zero-order chi connectivity index (χ0) is 40.0. The fourth-order valence-corrected chi connectivity index (χ4v) is 8.55. The van der Waals surface area contributed by atoms with E-state index in [0.29, 0.717) is 17.5 Å². The van der Waals surface area contributed by atoms with Crippen LogP contribution in [0.1, 0.15) is 25.3 Å². The summed E-state index contributed by atoms with van der Waals surface area (Å²) in [6.07, 6.45) is 3.45. The molecule has 0 unspecified atom stereocenters. The number of nitrogens with zero attached hydrogens (tertiary/aromatic N) is 4. The molecule has 0 spiro atoms. The number of aryl methyl sites for hydroxylation is 1. The second-order valence-corrected chi connectivity index (χ2v) is 15.5. The molecule has 0 aliphatic heterocycles. The molecule has 3 heterocycles. The number of unbranched alkanes of at least 4 members (excludes halogenated alkanes) is 1. The summed E-state index contributed by atoms with van der Waals surface area (Å²) in [5.41, 5.74) is 14.1. The predicted molar refractivity (Wildman–Crippen MR) is 247 cm³/mol. The van der Waals surface area contributed by atoms with Gasteiger partial charge in [0.25, 0.3) is 0 Å². The molecule has 0 N–H and O–H groups in total. The van der Waals surface area contributed by atoms with Gasteiger partial charge in [-0.25, -0.2) is 15.0 Å². The Labute approximate surface area is 348 Å². The van der Waals surface area contributed by atoms with Gasteiger partial charge in [0.05, 0.1) is 11.0 Å². The predicted octanol–water partition coefficient (Wildman–Crippen LogP) is 14.5. The Morgan fingerprint density at radius 1 is 0.400 bits per heavy atom. The van der Waals surface area contributed by atoms with Crippen LogP contribution in [0.2, 0.25) is 0 Å². The van der Waals surface area contributed by atoms with Crippen molar-refractivity contribution in [1.29, 1.82) is 0 Å². The average molecular weight is 773 g/mol. The first-order chi connectivity index (χ1) is 29.7. The molecule has 286 valence electrons. The Hall–Kier alpha value is -7.63. The Bertz CT molecular complexity index is 3290. The van der Waals surface area contributed by atoms with Crippen molar-refractivity contribution in [2.45, 2.75) is 26.2 Å². The fourth-order valence-electron chi connectivity index (χ4n) is 8.55. The van der Waals surface area contributed by atoms with Crippen molar-refractivity contribution in [2.24, 2.45) is 0 Å². The summed E-state index contributed by atoms with van der Waals surface area (Å²) in [4.78, 5) is 14.8. The number of para-hydroxylation sites is 1. The number of fused-ring (bicyclic) bond motifs is 6. The van der Waals surface area contributed by atoms with Crippen molar-refractivity contribution in [3.05, 3.63) is 194 Å². The third-order valence-corrected chi connectivity index (χ3v) is 11.6. The van der Waals surface area contributed by atoms with E-state index in [1.54, 1.807) is 0 Å². The van der Waals surface area contributed by atoms with E-state index in [2.05, 4.69) is 139 Å². The topological polar surface area (TPSA) is 56.7 Å². The van der Waals surface area contributed by atoms with Crippen LogP contribution in [0.4, 0.5) is 0 Å². The Morgan fingerprint density at radius 3 is 1.72 bits per heavy atom. The number of benzene rings is 8. The highest BCUT2D eigenvalue weighted by Gasteiger charge is 2.16. The Balaban J connectivity index is 0.939. The van der Waals surface area contributed by atoms with E-state index in [1.165, 1.54) is 56.7 Å². The van der Waals surface area contributed by atoms with Crippen molar-refractivity contribution in [2.75, 3.05) is 0 Å². The average Bonchev–Trinajstić information content (AvgIpc) is 3.86. The molecule has 8 aromatic carbocycles. The van der Waals surface area contributed by atoms with Crippen LogP contribution in [0, 0.1) is 0 Å². The van der Waals surface area contributed by atoms with Gasteiger partial charge in [0.15, 0.2) is 17.5 Å². The van der Waals surface area contributed by atoms with Crippen molar-refractivity contribution >= 4 is 43.7 Å². The highest BCUT2D eigenvalue weighted by atomic mass is 16.3. The van der Waals surface area contributed by atoms with Gasteiger partial charge in [-0.3, -0.25) is 0 Å². The van der Waals surface area contributed by atoms with E-state index in [1.807, 2.05) is 60.7 Å². The smallest absolute Gasteiger partial charge is 0.164 e. The molecular formula is C55H40N4O. The molecule has 0 saturated carbocycles. The number of aromatic nitrogens is 4. The van der Waals surface area contributed by atoms with Gasteiger partial charge in [0.2, 0.25) is 0 Å². The molecule has 5 nitrogen and oxygen atoms in total. The van der Waals surface area contributed by atoms with Crippen LogP contribution in [0.15, 0.2) is 192 Å². The number of hydrogen-bond acceptors (Lipinski definition) is 4. The van der Waals surface area contributed by atoms with Crippen LogP contribution < -0.4 is 0 Å². The molecular weight excluding hydrogens is 733 g/mol. The van der Waals surface area contributed by atoms with Crippen LogP contribution in [0.25, 0.3) is 106 Å². The maximum absolute atomic E-state index is 6.33. The molecule has 0 bridgehead atoms. The number of furan rings is 1. The second-order valence-electron chi connectivity index (χ2n) is 15.5. The first-order valence-corrected chi connectivity index (χ1v) is 20.7. The fraction of sp³-hybridized carbons (Fsp3) is 0.0727. The Kier molecular flexibility index (Phi) is 8.85. The summed E-state index contributed by atoms with van der Waals surface area (Å²) in [5.74, 6) is 1.94. The van der Waals surface area contributed by atoms with Crippen LogP contribution in [-0.4, -0.2) is 19.5 Å². The van der Waals surface area contributed by atoms with Gasteiger partial charge in [-0.1, -0.05) is 147 Å². The summed E-state index contributed by atoms with van der Waals surface area (Å²) in [7, 11) is 0. The lowest BCUT2D eigenvalue weighted by atomic mass is 10.00. The summed E-state index contributed by atoms with van der Waals surface area (Å²) in [6, 6.07) is 66.3. The monoisotopic (exact) mass is 772 g/mol. The maximum Gasteiger partial charge on any atom is 0.164 e. The van der Waals surface area contributed by atoms with E-state index >= 15 is 0 Å². The normalized spacial score (nSPS) is 11.6. The quantitative estimate of drug-likeness (QED) is 0.147. The summed E-state index contributed by atoms with van der Waals surface area (Å²) < 4.78 is 8.71. The van der Waals surface area contributed by atoms with Crippen LogP contribution in [0.3, 0.4) is 0 Å². The summed E-state index contributed by atoms with van der Waals surface area (Å²) >= 11 is 0. The highest BCUT2D eigenvalue weighted by Crippen LogP contribution is 2.38. The molecule has 3 aromatic heterocycles.